The summed E-state index contributed by atoms with van der Waals surface area (Å²) in [5.41, 5.74) is 0.967. The monoisotopic (exact) mass is 274 g/mol. The molecule has 0 aliphatic carbocycles. The van der Waals surface area contributed by atoms with Gasteiger partial charge in [0.15, 0.2) is 0 Å². The van der Waals surface area contributed by atoms with Crippen molar-refractivity contribution >= 4 is 5.69 Å². The summed E-state index contributed by atoms with van der Waals surface area (Å²) in [6, 6.07) is 7.85. The topological polar surface area (TPSA) is 90.2 Å². The minimum atomic E-state index is -0.437. The molecule has 0 radical (unpaired) electrons. The lowest BCUT2D eigenvalue weighted by Gasteiger charge is -2.07. The maximum atomic E-state index is 10.5. The average molecular weight is 274 g/mol. The fraction of sp³-hybridized carbons (Fsp3) is 0.231. The van der Waals surface area contributed by atoms with Crippen molar-refractivity contribution in [3.8, 4) is 5.75 Å². The van der Waals surface area contributed by atoms with E-state index in [2.05, 4.69) is 15.3 Å². The summed E-state index contributed by atoms with van der Waals surface area (Å²) in [6.45, 7) is 1.77. The highest BCUT2D eigenvalue weighted by Crippen LogP contribution is 2.16. The minimum Gasteiger partial charge on any atom is -0.492 e. The van der Waals surface area contributed by atoms with Crippen LogP contribution >= 0.6 is 0 Å². The summed E-state index contributed by atoms with van der Waals surface area (Å²) >= 11 is 0. The van der Waals surface area contributed by atoms with E-state index in [-0.39, 0.29) is 5.69 Å². The summed E-state index contributed by atoms with van der Waals surface area (Å²) in [4.78, 5) is 18.0. The summed E-state index contributed by atoms with van der Waals surface area (Å²) in [7, 11) is 0. The Bertz CT molecular complexity index is 545. The van der Waals surface area contributed by atoms with Crippen LogP contribution in [0.3, 0.4) is 0 Å². The van der Waals surface area contributed by atoms with Crippen LogP contribution in [-0.4, -0.2) is 28.0 Å². The number of rotatable bonds is 7. The van der Waals surface area contributed by atoms with Crippen LogP contribution in [-0.2, 0) is 6.54 Å². The largest absolute Gasteiger partial charge is 0.492 e. The summed E-state index contributed by atoms with van der Waals surface area (Å²) in [5, 5.41) is 13.7. The molecule has 2 rings (SSSR count). The SMILES string of the molecule is O=[N+]([O-])c1ccc(OCCNCc2ccncn2)cc1. The molecule has 0 spiro atoms. The van der Waals surface area contributed by atoms with Crippen molar-refractivity contribution in [1.29, 1.82) is 0 Å². The van der Waals surface area contributed by atoms with Crippen LogP contribution in [0.5, 0.6) is 5.75 Å². The van der Waals surface area contributed by atoms with Crippen molar-refractivity contribution in [3.63, 3.8) is 0 Å². The average Bonchev–Trinajstić information content (AvgIpc) is 2.48. The summed E-state index contributed by atoms with van der Waals surface area (Å²) in [5.74, 6) is 0.611. The molecule has 7 heteroatoms. The molecule has 1 aromatic heterocycles. The highest BCUT2D eigenvalue weighted by atomic mass is 16.6. The number of ether oxygens (including phenoxy) is 1. The normalized spacial score (nSPS) is 10.2. The lowest BCUT2D eigenvalue weighted by atomic mass is 10.3. The Balaban J connectivity index is 1.67. The van der Waals surface area contributed by atoms with Gasteiger partial charge in [-0.05, 0) is 18.2 Å². The van der Waals surface area contributed by atoms with Crippen molar-refractivity contribution in [1.82, 2.24) is 15.3 Å². The van der Waals surface area contributed by atoms with Crippen molar-refractivity contribution in [3.05, 3.63) is 58.7 Å². The molecule has 1 aromatic carbocycles. The Hall–Kier alpha value is -2.54. The van der Waals surface area contributed by atoms with Crippen molar-refractivity contribution in [2.45, 2.75) is 6.54 Å². The molecule has 20 heavy (non-hydrogen) atoms. The van der Waals surface area contributed by atoms with Gasteiger partial charge in [0.2, 0.25) is 0 Å². The van der Waals surface area contributed by atoms with Crippen molar-refractivity contribution in [2.24, 2.45) is 0 Å². The van der Waals surface area contributed by atoms with Gasteiger partial charge >= 0.3 is 0 Å². The molecular formula is C13H14N4O3. The van der Waals surface area contributed by atoms with Crippen LogP contribution in [0.25, 0.3) is 0 Å². The lowest BCUT2D eigenvalue weighted by molar-refractivity contribution is -0.384. The van der Waals surface area contributed by atoms with Gasteiger partial charge in [-0.3, -0.25) is 10.1 Å². The molecule has 0 saturated heterocycles. The Labute approximate surface area is 115 Å². The first-order valence-corrected chi connectivity index (χ1v) is 6.08. The van der Waals surface area contributed by atoms with Gasteiger partial charge in [-0.15, -0.1) is 0 Å². The second-order valence-electron chi connectivity index (χ2n) is 3.98. The quantitative estimate of drug-likeness (QED) is 0.468. The minimum absolute atomic E-state index is 0.0548. The van der Waals surface area contributed by atoms with Crippen LogP contribution in [0.2, 0.25) is 0 Å². The van der Waals surface area contributed by atoms with Gasteiger partial charge in [-0.25, -0.2) is 9.97 Å². The molecule has 0 saturated carbocycles. The van der Waals surface area contributed by atoms with Gasteiger partial charge in [0.1, 0.15) is 18.7 Å². The van der Waals surface area contributed by atoms with Crippen LogP contribution in [0.15, 0.2) is 42.9 Å². The first-order valence-electron chi connectivity index (χ1n) is 6.08. The van der Waals surface area contributed by atoms with E-state index in [4.69, 9.17) is 4.74 Å². The molecule has 0 unspecified atom stereocenters. The first-order chi connectivity index (χ1) is 9.75. The Morgan fingerprint density at radius 3 is 2.70 bits per heavy atom. The molecule has 1 heterocycles. The standard InChI is InChI=1S/C13H14N4O3/c18-17(19)12-1-3-13(4-2-12)20-8-7-14-9-11-5-6-15-10-16-11/h1-6,10,14H,7-9H2. The molecule has 0 fully saturated rings. The fourth-order valence-electron chi connectivity index (χ4n) is 1.54. The van der Waals surface area contributed by atoms with E-state index in [0.717, 1.165) is 5.69 Å². The van der Waals surface area contributed by atoms with Gasteiger partial charge in [0, 0.05) is 31.4 Å². The third kappa shape index (κ3) is 4.29. The molecule has 0 aliphatic rings. The van der Waals surface area contributed by atoms with E-state index >= 15 is 0 Å². The predicted molar refractivity (Wildman–Crippen MR) is 72.3 cm³/mol. The molecule has 2 aromatic rings. The number of nitrogens with zero attached hydrogens (tertiary/aromatic N) is 3. The summed E-state index contributed by atoms with van der Waals surface area (Å²) < 4.78 is 5.46. The highest BCUT2D eigenvalue weighted by molar-refractivity contribution is 5.35. The number of non-ortho nitro benzene ring substituents is 1. The zero-order valence-electron chi connectivity index (χ0n) is 10.7. The number of nitro groups is 1. The maximum Gasteiger partial charge on any atom is 0.269 e. The third-order valence-corrected chi connectivity index (χ3v) is 2.54. The van der Waals surface area contributed by atoms with Crippen LogP contribution in [0, 0.1) is 10.1 Å². The van der Waals surface area contributed by atoms with Crippen LogP contribution < -0.4 is 10.1 Å². The number of benzene rings is 1. The molecular weight excluding hydrogens is 260 g/mol. The fourth-order valence-corrected chi connectivity index (χ4v) is 1.54. The van der Waals surface area contributed by atoms with E-state index in [9.17, 15) is 10.1 Å². The molecule has 0 atom stereocenters. The van der Waals surface area contributed by atoms with E-state index in [0.29, 0.717) is 25.4 Å². The number of aromatic nitrogens is 2. The Kier molecular flexibility index (Phi) is 4.96. The van der Waals surface area contributed by atoms with Gasteiger partial charge in [0.25, 0.3) is 5.69 Å². The highest BCUT2D eigenvalue weighted by Gasteiger charge is 2.03. The molecule has 0 aliphatic heterocycles. The molecule has 104 valence electrons. The molecule has 1 N–H and O–H groups in total. The van der Waals surface area contributed by atoms with E-state index in [1.54, 1.807) is 18.3 Å². The van der Waals surface area contributed by atoms with E-state index in [1.165, 1.54) is 18.5 Å². The zero-order chi connectivity index (χ0) is 14.2. The zero-order valence-corrected chi connectivity index (χ0v) is 10.7. The van der Waals surface area contributed by atoms with Gasteiger partial charge in [0.05, 0.1) is 10.6 Å². The first kappa shape index (κ1) is 13.9. The lowest BCUT2D eigenvalue weighted by Crippen LogP contribution is -2.21. The van der Waals surface area contributed by atoms with Gasteiger partial charge in [-0.2, -0.15) is 0 Å². The second kappa shape index (κ2) is 7.15. The smallest absolute Gasteiger partial charge is 0.269 e. The van der Waals surface area contributed by atoms with Gasteiger partial charge < -0.3 is 10.1 Å². The van der Waals surface area contributed by atoms with Crippen molar-refractivity contribution in [2.75, 3.05) is 13.2 Å². The number of nitro benzene ring substituents is 1. The molecule has 7 nitrogen and oxygen atoms in total. The molecule has 0 amide bonds. The maximum absolute atomic E-state index is 10.5. The van der Waals surface area contributed by atoms with E-state index in [1.807, 2.05) is 6.07 Å². The predicted octanol–water partition coefficient (Wildman–Crippen LogP) is 1.55. The number of hydrogen-bond donors (Lipinski definition) is 1. The molecule has 0 bridgehead atoms. The third-order valence-electron chi connectivity index (χ3n) is 2.54. The Morgan fingerprint density at radius 2 is 2.05 bits per heavy atom. The number of nitrogens with one attached hydrogen (secondary N) is 1. The Morgan fingerprint density at radius 1 is 1.25 bits per heavy atom. The number of hydrogen-bond acceptors (Lipinski definition) is 6. The van der Waals surface area contributed by atoms with E-state index < -0.39 is 4.92 Å². The van der Waals surface area contributed by atoms with Crippen LogP contribution in [0.4, 0.5) is 5.69 Å². The van der Waals surface area contributed by atoms with Gasteiger partial charge in [-0.1, -0.05) is 0 Å². The summed E-state index contributed by atoms with van der Waals surface area (Å²) in [6.07, 6.45) is 3.20. The second-order valence-corrected chi connectivity index (χ2v) is 3.98. The van der Waals surface area contributed by atoms with Crippen molar-refractivity contribution < 1.29 is 9.66 Å². The van der Waals surface area contributed by atoms with Crippen LogP contribution in [0.1, 0.15) is 5.69 Å².